The SMILES string of the molecule is CC[C@H](Oc1ccccc1)C(=O)NCc1cccc(CN2CCCCC2)c1. The molecule has 1 heterocycles. The van der Waals surface area contributed by atoms with E-state index in [9.17, 15) is 4.79 Å². The van der Waals surface area contributed by atoms with Gasteiger partial charge in [0.1, 0.15) is 5.75 Å². The number of ether oxygens (including phenoxy) is 1. The lowest BCUT2D eigenvalue weighted by molar-refractivity contribution is -0.128. The van der Waals surface area contributed by atoms with Gasteiger partial charge in [0, 0.05) is 13.1 Å². The van der Waals surface area contributed by atoms with Crippen LogP contribution in [0.4, 0.5) is 0 Å². The number of piperidine rings is 1. The Balaban J connectivity index is 1.52. The molecule has 4 heteroatoms. The molecule has 0 aliphatic carbocycles. The number of likely N-dealkylation sites (tertiary alicyclic amines) is 1. The number of hydrogen-bond donors (Lipinski definition) is 1. The molecule has 144 valence electrons. The van der Waals surface area contributed by atoms with E-state index in [4.69, 9.17) is 4.74 Å². The van der Waals surface area contributed by atoms with E-state index in [-0.39, 0.29) is 5.91 Å². The Hall–Kier alpha value is -2.33. The number of rotatable bonds is 8. The molecule has 0 saturated carbocycles. The van der Waals surface area contributed by atoms with Crippen molar-refractivity contribution in [2.24, 2.45) is 0 Å². The van der Waals surface area contributed by atoms with Crippen LogP contribution in [-0.4, -0.2) is 30.0 Å². The van der Waals surface area contributed by atoms with Crippen molar-refractivity contribution in [2.45, 2.75) is 51.8 Å². The Labute approximate surface area is 162 Å². The van der Waals surface area contributed by atoms with E-state index in [0.717, 1.165) is 17.9 Å². The molecule has 0 unspecified atom stereocenters. The molecule has 1 fully saturated rings. The maximum Gasteiger partial charge on any atom is 0.261 e. The van der Waals surface area contributed by atoms with E-state index in [1.807, 2.05) is 37.3 Å². The third-order valence-corrected chi connectivity index (χ3v) is 5.00. The number of nitrogens with zero attached hydrogens (tertiary/aromatic N) is 1. The van der Waals surface area contributed by atoms with E-state index < -0.39 is 6.10 Å². The highest BCUT2D eigenvalue weighted by molar-refractivity contribution is 5.81. The zero-order valence-electron chi connectivity index (χ0n) is 16.2. The lowest BCUT2D eigenvalue weighted by Crippen LogP contribution is -2.37. The van der Waals surface area contributed by atoms with Gasteiger partial charge in [0.05, 0.1) is 0 Å². The molecule has 2 aromatic rings. The summed E-state index contributed by atoms with van der Waals surface area (Å²) in [6, 6.07) is 18.0. The summed E-state index contributed by atoms with van der Waals surface area (Å²) < 4.78 is 5.82. The fraction of sp³-hybridized carbons (Fsp3) is 0.435. The number of carbonyl (C=O) groups excluding carboxylic acids is 1. The molecule has 27 heavy (non-hydrogen) atoms. The standard InChI is InChI=1S/C23H30N2O2/c1-2-22(27-21-12-5-3-6-13-21)23(26)24-17-19-10-9-11-20(16-19)18-25-14-7-4-8-15-25/h3,5-6,9-13,16,22H,2,4,7-8,14-15,17-18H2,1H3,(H,24,26)/t22-/m0/s1. The zero-order valence-corrected chi connectivity index (χ0v) is 16.2. The van der Waals surface area contributed by atoms with Crippen LogP contribution in [0.2, 0.25) is 0 Å². The highest BCUT2D eigenvalue weighted by Gasteiger charge is 2.18. The quantitative estimate of drug-likeness (QED) is 0.763. The predicted octanol–water partition coefficient (Wildman–Crippen LogP) is 4.15. The van der Waals surface area contributed by atoms with Crippen molar-refractivity contribution in [3.63, 3.8) is 0 Å². The van der Waals surface area contributed by atoms with E-state index in [1.54, 1.807) is 0 Å². The first kappa shape index (κ1) is 19.4. The van der Waals surface area contributed by atoms with Crippen LogP contribution in [0.3, 0.4) is 0 Å². The van der Waals surface area contributed by atoms with Gasteiger partial charge in [0.15, 0.2) is 6.10 Å². The molecule has 1 amide bonds. The van der Waals surface area contributed by atoms with Crippen molar-refractivity contribution in [3.8, 4) is 5.75 Å². The first-order valence-corrected chi connectivity index (χ1v) is 10.0. The van der Waals surface area contributed by atoms with Crippen molar-refractivity contribution < 1.29 is 9.53 Å². The first-order valence-electron chi connectivity index (χ1n) is 10.0. The molecule has 0 radical (unpaired) electrons. The molecule has 0 spiro atoms. The van der Waals surface area contributed by atoms with Crippen LogP contribution in [0, 0.1) is 0 Å². The molecule has 3 rings (SSSR count). The molecule has 1 atom stereocenters. The van der Waals surface area contributed by atoms with Crippen LogP contribution in [0.5, 0.6) is 5.75 Å². The second-order valence-electron chi connectivity index (χ2n) is 7.20. The summed E-state index contributed by atoms with van der Waals surface area (Å²) in [6.45, 7) is 5.87. The highest BCUT2D eigenvalue weighted by atomic mass is 16.5. The summed E-state index contributed by atoms with van der Waals surface area (Å²) >= 11 is 0. The van der Waals surface area contributed by atoms with Gasteiger partial charge in [-0.25, -0.2) is 0 Å². The second-order valence-corrected chi connectivity index (χ2v) is 7.20. The minimum absolute atomic E-state index is 0.0669. The van der Waals surface area contributed by atoms with Gasteiger partial charge >= 0.3 is 0 Å². The molecule has 1 N–H and O–H groups in total. The third-order valence-electron chi connectivity index (χ3n) is 5.00. The second kappa shape index (κ2) is 10.1. The van der Waals surface area contributed by atoms with Gasteiger partial charge in [-0.2, -0.15) is 0 Å². The van der Waals surface area contributed by atoms with E-state index in [2.05, 4.69) is 34.5 Å². The van der Waals surface area contributed by atoms with Crippen LogP contribution >= 0.6 is 0 Å². The molecule has 1 aliphatic heterocycles. The van der Waals surface area contributed by atoms with Gasteiger partial charge in [-0.05, 0) is 55.6 Å². The average Bonchev–Trinajstić information content (AvgIpc) is 2.72. The van der Waals surface area contributed by atoms with Crippen LogP contribution in [0.15, 0.2) is 54.6 Å². The van der Waals surface area contributed by atoms with E-state index >= 15 is 0 Å². The maximum absolute atomic E-state index is 12.5. The fourth-order valence-electron chi connectivity index (χ4n) is 3.50. The molecule has 4 nitrogen and oxygen atoms in total. The summed E-state index contributed by atoms with van der Waals surface area (Å²) in [5.74, 6) is 0.658. The normalized spacial score (nSPS) is 15.9. The van der Waals surface area contributed by atoms with Crippen molar-refractivity contribution in [1.82, 2.24) is 10.2 Å². The van der Waals surface area contributed by atoms with Crippen molar-refractivity contribution in [1.29, 1.82) is 0 Å². The highest BCUT2D eigenvalue weighted by Crippen LogP contribution is 2.15. The van der Waals surface area contributed by atoms with Gasteiger partial charge in [0.2, 0.25) is 0 Å². The average molecular weight is 367 g/mol. The summed E-state index contributed by atoms with van der Waals surface area (Å²) in [5, 5.41) is 3.02. The Bertz CT molecular complexity index is 711. The number of hydrogen-bond acceptors (Lipinski definition) is 3. The molecule has 0 aromatic heterocycles. The molecule has 2 aromatic carbocycles. The first-order chi connectivity index (χ1) is 13.2. The lowest BCUT2D eigenvalue weighted by atomic mass is 10.1. The number of amides is 1. The Morgan fingerprint density at radius 1 is 1.04 bits per heavy atom. The maximum atomic E-state index is 12.5. The predicted molar refractivity (Wildman–Crippen MR) is 109 cm³/mol. The third kappa shape index (κ3) is 6.10. The Morgan fingerprint density at radius 2 is 1.78 bits per heavy atom. The van der Waals surface area contributed by atoms with Gasteiger partial charge in [0.25, 0.3) is 5.91 Å². The van der Waals surface area contributed by atoms with Crippen molar-refractivity contribution in [3.05, 3.63) is 65.7 Å². The van der Waals surface area contributed by atoms with Crippen molar-refractivity contribution >= 4 is 5.91 Å². The summed E-state index contributed by atoms with van der Waals surface area (Å²) in [4.78, 5) is 15.0. The minimum atomic E-state index is -0.469. The van der Waals surface area contributed by atoms with Crippen LogP contribution in [0.25, 0.3) is 0 Å². The summed E-state index contributed by atoms with van der Waals surface area (Å²) in [7, 11) is 0. The number of para-hydroxylation sites is 1. The molecule has 0 bridgehead atoms. The summed E-state index contributed by atoms with van der Waals surface area (Å²) in [6.07, 6.45) is 4.12. The lowest BCUT2D eigenvalue weighted by Gasteiger charge is -2.26. The van der Waals surface area contributed by atoms with Crippen molar-refractivity contribution in [2.75, 3.05) is 13.1 Å². The van der Waals surface area contributed by atoms with E-state index in [0.29, 0.717) is 13.0 Å². The minimum Gasteiger partial charge on any atom is -0.481 e. The molecule has 1 saturated heterocycles. The monoisotopic (exact) mass is 366 g/mol. The molecular weight excluding hydrogens is 336 g/mol. The number of benzene rings is 2. The largest absolute Gasteiger partial charge is 0.481 e. The van der Waals surface area contributed by atoms with Gasteiger partial charge < -0.3 is 10.1 Å². The van der Waals surface area contributed by atoms with Gasteiger partial charge in [-0.3, -0.25) is 9.69 Å². The number of carbonyl (C=O) groups is 1. The smallest absolute Gasteiger partial charge is 0.261 e. The van der Waals surface area contributed by atoms with E-state index in [1.165, 1.54) is 37.9 Å². The summed E-state index contributed by atoms with van der Waals surface area (Å²) in [5.41, 5.74) is 2.45. The zero-order chi connectivity index (χ0) is 18.9. The number of nitrogens with one attached hydrogen (secondary N) is 1. The van der Waals surface area contributed by atoms with Crippen LogP contribution < -0.4 is 10.1 Å². The Morgan fingerprint density at radius 3 is 2.52 bits per heavy atom. The van der Waals surface area contributed by atoms with Gasteiger partial charge in [-0.15, -0.1) is 0 Å². The molecular formula is C23H30N2O2. The van der Waals surface area contributed by atoms with Crippen LogP contribution in [-0.2, 0) is 17.9 Å². The van der Waals surface area contributed by atoms with Crippen LogP contribution in [0.1, 0.15) is 43.7 Å². The van der Waals surface area contributed by atoms with Gasteiger partial charge in [-0.1, -0.05) is 55.8 Å². The molecule has 1 aliphatic rings. The topological polar surface area (TPSA) is 41.6 Å². The Kier molecular flexibility index (Phi) is 7.28. The fourth-order valence-corrected chi connectivity index (χ4v) is 3.50.